The Labute approximate surface area is 108 Å². The maximum atomic E-state index is 12.0. The van der Waals surface area contributed by atoms with Crippen molar-refractivity contribution in [1.29, 1.82) is 0 Å². The molecule has 1 saturated heterocycles. The highest BCUT2D eigenvalue weighted by molar-refractivity contribution is 5.82. The number of rotatable bonds is 2. The molecule has 1 N–H and O–H groups in total. The molecule has 1 aliphatic heterocycles. The molecular weight excluding hydrogens is 226 g/mol. The molecule has 1 aliphatic rings. The molecule has 1 heterocycles. The number of nitrogens with zero attached hydrogens (tertiary/aromatic N) is 1. The van der Waals surface area contributed by atoms with E-state index in [1.54, 1.807) is 0 Å². The zero-order valence-corrected chi connectivity index (χ0v) is 11.3. The molecule has 0 bridgehead atoms. The van der Waals surface area contributed by atoms with Crippen molar-refractivity contribution in [3.63, 3.8) is 0 Å². The summed E-state index contributed by atoms with van der Waals surface area (Å²) in [4.78, 5) is 14.2. The van der Waals surface area contributed by atoms with Crippen LogP contribution in [-0.4, -0.2) is 36.1 Å². The molecule has 1 aromatic carbocycles. The summed E-state index contributed by atoms with van der Waals surface area (Å²) in [5.74, 6) is -0.487. The van der Waals surface area contributed by atoms with E-state index in [9.17, 15) is 9.90 Å². The number of carboxylic acid groups (broad SMARTS) is 1. The third kappa shape index (κ3) is 1.83. The summed E-state index contributed by atoms with van der Waals surface area (Å²) in [6.07, 6.45) is 0. The zero-order chi connectivity index (χ0) is 13.3. The molecule has 18 heavy (non-hydrogen) atoms. The van der Waals surface area contributed by atoms with Crippen LogP contribution in [0.25, 0.3) is 0 Å². The van der Waals surface area contributed by atoms with Gasteiger partial charge in [-0.1, -0.05) is 44.2 Å². The molecular formula is C15H21NO2. The van der Waals surface area contributed by atoms with E-state index in [0.29, 0.717) is 0 Å². The first-order valence-electron chi connectivity index (χ1n) is 6.47. The van der Waals surface area contributed by atoms with Gasteiger partial charge < -0.3 is 10.0 Å². The smallest absolute Gasteiger partial charge is 0.314 e. The maximum absolute atomic E-state index is 12.0. The van der Waals surface area contributed by atoms with E-state index in [2.05, 4.69) is 11.9 Å². The van der Waals surface area contributed by atoms with Crippen LogP contribution in [0, 0.1) is 11.8 Å². The SMILES string of the molecule is C[C@@H]1CN(C)C[C@H](C)C1(C(=O)O)c1ccccc1. The van der Waals surface area contributed by atoms with Gasteiger partial charge in [-0.3, -0.25) is 4.79 Å². The Morgan fingerprint density at radius 1 is 1.22 bits per heavy atom. The Kier molecular flexibility index (Phi) is 3.44. The molecule has 0 aliphatic carbocycles. The first-order valence-corrected chi connectivity index (χ1v) is 6.47. The van der Waals surface area contributed by atoms with Gasteiger partial charge >= 0.3 is 5.97 Å². The van der Waals surface area contributed by atoms with Crippen molar-refractivity contribution in [2.75, 3.05) is 20.1 Å². The molecule has 0 saturated carbocycles. The molecule has 0 spiro atoms. The van der Waals surface area contributed by atoms with E-state index < -0.39 is 11.4 Å². The van der Waals surface area contributed by atoms with Gasteiger partial charge in [0.1, 0.15) is 5.41 Å². The summed E-state index contributed by atoms with van der Waals surface area (Å²) in [6, 6.07) is 9.69. The van der Waals surface area contributed by atoms with Gasteiger partial charge in [0.25, 0.3) is 0 Å². The van der Waals surface area contributed by atoms with Crippen molar-refractivity contribution < 1.29 is 9.90 Å². The standard InChI is InChI=1S/C15H21NO2/c1-11-9-16(3)10-12(2)15(11,14(17)18)13-7-5-4-6-8-13/h4-8,11-12H,9-10H2,1-3H3,(H,17,18)/t11-,12+,15?. The Hall–Kier alpha value is -1.35. The lowest BCUT2D eigenvalue weighted by Crippen LogP contribution is -2.57. The third-order valence-corrected chi connectivity index (χ3v) is 4.33. The van der Waals surface area contributed by atoms with E-state index in [0.717, 1.165) is 18.7 Å². The van der Waals surface area contributed by atoms with E-state index in [1.165, 1.54) is 0 Å². The number of benzene rings is 1. The molecule has 0 amide bonds. The highest BCUT2D eigenvalue weighted by atomic mass is 16.4. The highest BCUT2D eigenvalue weighted by Crippen LogP contribution is 2.43. The summed E-state index contributed by atoms with van der Waals surface area (Å²) in [5, 5.41) is 9.85. The second-order valence-corrected chi connectivity index (χ2v) is 5.56. The van der Waals surface area contributed by atoms with Crippen LogP contribution in [0.15, 0.2) is 30.3 Å². The number of carboxylic acids is 1. The van der Waals surface area contributed by atoms with Crippen LogP contribution in [0.4, 0.5) is 0 Å². The lowest BCUT2D eigenvalue weighted by atomic mass is 9.61. The second kappa shape index (κ2) is 4.73. The third-order valence-electron chi connectivity index (χ3n) is 4.33. The Bertz CT molecular complexity index is 417. The maximum Gasteiger partial charge on any atom is 0.314 e. The largest absolute Gasteiger partial charge is 0.481 e. The topological polar surface area (TPSA) is 40.5 Å². The summed E-state index contributed by atoms with van der Waals surface area (Å²) < 4.78 is 0. The lowest BCUT2D eigenvalue weighted by molar-refractivity contribution is -0.151. The minimum Gasteiger partial charge on any atom is -0.481 e. The molecule has 0 radical (unpaired) electrons. The van der Waals surface area contributed by atoms with Crippen LogP contribution >= 0.6 is 0 Å². The highest BCUT2D eigenvalue weighted by Gasteiger charge is 2.52. The summed E-state index contributed by atoms with van der Waals surface area (Å²) >= 11 is 0. The van der Waals surface area contributed by atoms with E-state index in [4.69, 9.17) is 0 Å². The average Bonchev–Trinajstić information content (AvgIpc) is 2.29. The predicted octanol–water partition coefficient (Wildman–Crippen LogP) is 2.23. The normalized spacial score (nSPS) is 33.3. The monoisotopic (exact) mass is 247 g/mol. The van der Waals surface area contributed by atoms with Crippen LogP contribution < -0.4 is 0 Å². The van der Waals surface area contributed by atoms with Gasteiger partial charge in [0.2, 0.25) is 0 Å². The lowest BCUT2D eigenvalue weighted by Gasteiger charge is -2.47. The van der Waals surface area contributed by atoms with Crippen molar-refractivity contribution in [2.24, 2.45) is 11.8 Å². The zero-order valence-electron chi connectivity index (χ0n) is 11.3. The Balaban J connectivity index is 2.53. The van der Waals surface area contributed by atoms with Crippen molar-refractivity contribution in [3.8, 4) is 0 Å². The van der Waals surface area contributed by atoms with E-state index >= 15 is 0 Å². The molecule has 3 heteroatoms. The van der Waals surface area contributed by atoms with E-state index in [1.807, 2.05) is 44.2 Å². The average molecular weight is 247 g/mol. The van der Waals surface area contributed by atoms with Gasteiger partial charge in [-0.15, -0.1) is 0 Å². The molecule has 1 fully saturated rings. The number of hydrogen-bond acceptors (Lipinski definition) is 2. The number of likely N-dealkylation sites (tertiary alicyclic amines) is 1. The number of piperidine rings is 1. The first-order chi connectivity index (χ1) is 8.49. The number of hydrogen-bond donors (Lipinski definition) is 1. The number of carbonyl (C=O) groups is 1. The van der Waals surface area contributed by atoms with Gasteiger partial charge in [0.15, 0.2) is 0 Å². The second-order valence-electron chi connectivity index (χ2n) is 5.56. The van der Waals surface area contributed by atoms with Crippen LogP contribution in [-0.2, 0) is 10.2 Å². The molecule has 0 aromatic heterocycles. The van der Waals surface area contributed by atoms with Crippen LogP contribution in [0.5, 0.6) is 0 Å². The molecule has 2 rings (SSSR count). The van der Waals surface area contributed by atoms with Crippen LogP contribution in [0.2, 0.25) is 0 Å². The minimum absolute atomic E-state index is 0.103. The van der Waals surface area contributed by atoms with Crippen LogP contribution in [0.3, 0.4) is 0 Å². The fraction of sp³-hybridized carbons (Fsp3) is 0.533. The van der Waals surface area contributed by atoms with Crippen LogP contribution in [0.1, 0.15) is 19.4 Å². The van der Waals surface area contributed by atoms with E-state index in [-0.39, 0.29) is 11.8 Å². The predicted molar refractivity (Wildman–Crippen MR) is 71.6 cm³/mol. The quantitative estimate of drug-likeness (QED) is 0.871. The molecule has 1 unspecified atom stereocenters. The van der Waals surface area contributed by atoms with Gasteiger partial charge in [0, 0.05) is 13.1 Å². The van der Waals surface area contributed by atoms with Gasteiger partial charge in [-0.2, -0.15) is 0 Å². The summed E-state index contributed by atoms with van der Waals surface area (Å²) in [5.41, 5.74) is 0.180. The Morgan fingerprint density at radius 2 is 1.72 bits per heavy atom. The van der Waals surface area contributed by atoms with Crippen molar-refractivity contribution >= 4 is 5.97 Å². The van der Waals surface area contributed by atoms with Crippen molar-refractivity contribution in [3.05, 3.63) is 35.9 Å². The minimum atomic E-state index is -0.756. The fourth-order valence-corrected chi connectivity index (χ4v) is 3.61. The number of aliphatic carboxylic acids is 1. The molecule has 3 nitrogen and oxygen atoms in total. The summed E-state index contributed by atoms with van der Waals surface area (Å²) in [6.45, 7) is 5.75. The van der Waals surface area contributed by atoms with Crippen molar-refractivity contribution in [2.45, 2.75) is 19.3 Å². The molecule has 3 atom stereocenters. The van der Waals surface area contributed by atoms with Crippen molar-refractivity contribution in [1.82, 2.24) is 4.90 Å². The van der Waals surface area contributed by atoms with Gasteiger partial charge in [-0.05, 0) is 24.4 Å². The van der Waals surface area contributed by atoms with Gasteiger partial charge in [-0.25, -0.2) is 0 Å². The molecule has 98 valence electrons. The summed E-state index contributed by atoms with van der Waals surface area (Å²) in [7, 11) is 2.06. The molecule has 1 aromatic rings. The fourth-order valence-electron chi connectivity index (χ4n) is 3.61. The van der Waals surface area contributed by atoms with Gasteiger partial charge in [0.05, 0.1) is 0 Å². The first kappa shape index (κ1) is 13.1. The Morgan fingerprint density at radius 3 is 2.17 bits per heavy atom.